The molecule has 2 amide bonds. The van der Waals surface area contributed by atoms with Gasteiger partial charge >= 0.3 is 0 Å². The second kappa shape index (κ2) is 7.05. The molecule has 0 aliphatic carbocycles. The summed E-state index contributed by atoms with van der Waals surface area (Å²) in [7, 11) is 0. The number of phenolic OH excluding ortho intramolecular Hbond substituents is 1. The molecule has 1 N–H and O–H groups in total. The van der Waals surface area contributed by atoms with Crippen molar-refractivity contribution >= 4 is 40.9 Å². The van der Waals surface area contributed by atoms with Crippen molar-refractivity contribution in [1.29, 1.82) is 0 Å². The molecule has 7 nitrogen and oxygen atoms in total. The molecule has 0 spiro atoms. The van der Waals surface area contributed by atoms with E-state index in [-0.39, 0.29) is 35.1 Å². The molecule has 1 fully saturated rings. The Kier molecular flexibility index (Phi) is 4.59. The molecule has 2 aromatic carbocycles. The molecule has 4 rings (SSSR count). The number of benzene rings is 2. The molecule has 0 radical (unpaired) electrons. The van der Waals surface area contributed by atoms with Gasteiger partial charge in [0.1, 0.15) is 11.0 Å². The molecule has 3 aromatic rings. The fourth-order valence-corrected chi connectivity index (χ4v) is 3.72. The number of halogens is 1. The lowest BCUT2D eigenvalue weighted by Gasteiger charge is -2.14. The summed E-state index contributed by atoms with van der Waals surface area (Å²) in [6, 6.07) is 13.0. The Labute approximate surface area is 163 Å². The first kappa shape index (κ1) is 17.6. The van der Waals surface area contributed by atoms with Crippen LogP contribution in [0.1, 0.15) is 6.42 Å². The Hall–Kier alpha value is -2.84. The fourth-order valence-electron chi connectivity index (χ4n) is 2.70. The van der Waals surface area contributed by atoms with E-state index in [9.17, 15) is 14.7 Å². The van der Waals surface area contributed by atoms with Crippen molar-refractivity contribution in [2.75, 3.05) is 4.90 Å². The van der Waals surface area contributed by atoms with E-state index < -0.39 is 5.25 Å². The van der Waals surface area contributed by atoms with Gasteiger partial charge < -0.3 is 9.52 Å². The summed E-state index contributed by atoms with van der Waals surface area (Å²) >= 11 is 6.88. The topological polar surface area (TPSA) is 96.5 Å². The summed E-state index contributed by atoms with van der Waals surface area (Å²) in [5, 5.41) is 17.7. The van der Waals surface area contributed by atoms with E-state index in [0.29, 0.717) is 16.3 Å². The van der Waals surface area contributed by atoms with Gasteiger partial charge in [0.15, 0.2) is 0 Å². The van der Waals surface area contributed by atoms with Crippen molar-refractivity contribution in [3.8, 4) is 17.2 Å². The van der Waals surface area contributed by atoms with Gasteiger partial charge in [0.2, 0.25) is 11.8 Å². The molecule has 136 valence electrons. The van der Waals surface area contributed by atoms with Gasteiger partial charge in [-0.15, -0.1) is 10.2 Å². The van der Waals surface area contributed by atoms with Crippen LogP contribution in [-0.4, -0.2) is 32.4 Å². The minimum Gasteiger partial charge on any atom is -0.507 e. The third-order valence-corrected chi connectivity index (χ3v) is 5.25. The normalized spacial score (nSPS) is 16.9. The molecule has 1 atom stereocenters. The summed E-state index contributed by atoms with van der Waals surface area (Å²) < 4.78 is 5.53. The number of phenols is 1. The van der Waals surface area contributed by atoms with Crippen molar-refractivity contribution in [3.63, 3.8) is 0 Å². The Balaban J connectivity index is 1.52. The number of hydrogen-bond acceptors (Lipinski definition) is 7. The van der Waals surface area contributed by atoms with Crippen LogP contribution in [0.3, 0.4) is 0 Å². The smallest absolute Gasteiger partial charge is 0.277 e. The molecule has 27 heavy (non-hydrogen) atoms. The quantitative estimate of drug-likeness (QED) is 0.668. The van der Waals surface area contributed by atoms with Gasteiger partial charge in [0.05, 0.1) is 11.3 Å². The largest absolute Gasteiger partial charge is 0.507 e. The first-order valence-corrected chi connectivity index (χ1v) is 9.19. The minimum atomic E-state index is -0.661. The molecule has 9 heteroatoms. The Morgan fingerprint density at radius 3 is 2.59 bits per heavy atom. The SMILES string of the molecule is O=C1CC(Sc2nnc(-c3ccccc3O)o2)C(=O)N1c1ccc(Cl)cc1. The highest BCUT2D eigenvalue weighted by atomic mass is 35.5. The standard InChI is InChI=1S/C18H12ClN3O4S/c19-10-5-7-11(8-6-10)22-15(24)9-14(17(22)25)27-18-21-20-16(26-18)12-3-1-2-4-13(12)23/h1-8,14,23H,9H2. The van der Waals surface area contributed by atoms with Gasteiger partial charge in [0.25, 0.3) is 11.1 Å². The molecule has 0 saturated carbocycles. The van der Waals surface area contributed by atoms with Gasteiger partial charge in [-0.3, -0.25) is 9.59 Å². The van der Waals surface area contributed by atoms with Crippen LogP contribution in [0.2, 0.25) is 5.02 Å². The highest BCUT2D eigenvalue weighted by Crippen LogP contribution is 2.35. The number of aromatic nitrogens is 2. The van der Waals surface area contributed by atoms with Gasteiger partial charge in [-0.25, -0.2) is 4.90 Å². The van der Waals surface area contributed by atoms with E-state index in [4.69, 9.17) is 16.0 Å². The summed E-state index contributed by atoms with van der Waals surface area (Å²) in [6.45, 7) is 0. The lowest BCUT2D eigenvalue weighted by Crippen LogP contribution is -2.31. The summed E-state index contributed by atoms with van der Waals surface area (Å²) in [5.74, 6) is -0.504. The zero-order valence-corrected chi connectivity index (χ0v) is 15.3. The number of carbonyl (C=O) groups is 2. The van der Waals surface area contributed by atoms with Gasteiger partial charge in [-0.2, -0.15) is 0 Å². The number of nitrogens with zero attached hydrogens (tertiary/aromatic N) is 3. The highest BCUT2D eigenvalue weighted by molar-refractivity contribution is 8.00. The van der Waals surface area contributed by atoms with Crippen molar-refractivity contribution in [2.24, 2.45) is 0 Å². The summed E-state index contributed by atoms with van der Waals surface area (Å²) in [6.07, 6.45) is 0.0282. The molecular formula is C18H12ClN3O4S. The van der Waals surface area contributed by atoms with E-state index in [1.165, 1.54) is 6.07 Å². The second-order valence-electron chi connectivity index (χ2n) is 5.74. The maximum absolute atomic E-state index is 12.7. The molecule has 1 unspecified atom stereocenters. The molecule has 1 aromatic heterocycles. The van der Waals surface area contributed by atoms with E-state index in [1.807, 2.05) is 0 Å². The molecule has 1 saturated heterocycles. The van der Waals surface area contributed by atoms with Crippen molar-refractivity contribution in [2.45, 2.75) is 16.9 Å². The highest BCUT2D eigenvalue weighted by Gasteiger charge is 2.41. The van der Waals surface area contributed by atoms with Crippen molar-refractivity contribution in [1.82, 2.24) is 10.2 Å². The lowest BCUT2D eigenvalue weighted by atomic mass is 10.2. The number of aromatic hydroxyl groups is 1. The van der Waals surface area contributed by atoms with Gasteiger partial charge in [-0.1, -0.05) is 35.5 Å². The number of carbonyl (C=O) groups excluding carboxylic acids is 2. The van der Waals surface area contributed by atoms with Crippen molar-refractivity contribution in [3.05, 3.63) is 53.6 Å². The van der Waals surface area contributed by atoms with E-state index >= 15 is 0 Å². The van der Waals surface area contributed by atoms with Crippen LogP contribution in [0.25, 0.3) is 11.5 Å². The maximum Gasteiger partial charge on any atom is 0.277 e. The number of thioether (sulfide) groups is 1. The number of amides is 2. The minimum absolute atomic E-state index is 0.0127. The molecule has 2 heterocycles. The average Bonchev–Trinajstić information content (AvgIpc) is 3.22. The summed E-state index contributed by atoms with van der Waals surface area (Å²) in [4.78, 5) is 26.1. The van der Waals surface area contributed by atoms with Crippen LogP contribution in [0, 0.1) is 0 Å². The third kappa shape index (κ3) is 3.41. The Morgan fingerprint density at radius 2 is 1.85 bits per heavy atom. The summed E-state index contributed by atoms with van der Waals surface area (Å²) in [5.41, 5.74) is 0.867. The number of para-hydroxylation sites is 1. The molecule has 1 aliphatic heterocycles. The van der Waals surface area contributed by atoms with Gasteiger partial charge in [0, 0.05) is 11.4 Å². The molecular weight excluding hydrogens is 390 g/mol. The van der Waals surface area contributed by atoms with E-state index in [0.717, 1.165) is 16.7 Å². The van der Waals surface area contributed by atoms with Crippen LogP contribution in [0.4, 0.5) is 5.69 Å². The fraction of sp³-hybridized carbons (Fsp3) is 0.111. The predicted molar refractivity (Wildman–Crippen MR) is 99.6 cm³/mol. The van der Waals surface area contributed by atoms with Crippen LogP contribution in [0.5, 0.6) is 5.75 Å². The predicted octanol–water partition coefficient (Wildman–Crippen LogP) is 3.52. The van der Waals surface area contributed by atoms with Crippen molar-refractivity contribution < 1.29 is 19.1 Å². The lowest BCUT2D eigenvalue weighted by molar-refractivity contribution is -0.121. The van der Waals surface area contributed by atoms with Crippen LogP contribution < -0.4 is 4.90 Å². The van der Waals surface area contributed by atoms with Crippen LogP contribution >= 0.6 is 23.4 Å². The number of imide groups is 1. The van der Waals surface area contributed by atoms with E-state index in [2.05, 4.69) is 10.2 Å². The van der Waals surface area contributed by atoms with Crippen LogP contribution in [0.15, 0.2) is 58.2 Å². The Bertz CT molecular complexity index is 1020. The maximum atomic E-state index is 12.7. The monoisotopic (exact) mass is 401 g/mol. The molecule has 0 bridgehead atoms. The number of hydrogen-bond donors (Lipinski definition) is 1. The third-order valence-electron chi connectivity index (χ3n) is 3.97. The van der Waals surface area contributed by atoms with Gasteiger partial charge in [-0.05, 0) is 36.4 Å². The first-order valence-electron chi connectivity index (χ1n) is 7.94. The second-order valence-corrected chi connectivity index (χ2v) is 7.34. The zero-order valence-electron chi connectivity index (χ0n) is 13.7. The zero-order chi connectivity index (χ0) is 19.0. The number of rotatable bonds is 4. The van der Waals surface area contributed by atoms with E-state index in [1.54, 1.807) is 42.5 Å². The Morgan fingerprint density at radius 1 is 1.11 bits per heavy atom. The number of anilines is 1. The molecule has 1 aliphatic rings. The first-order chi connectivity index (χ1) is 13.0. The average molecular weight is 402 g/mol. The van der Waals surface area contributed by atoms with Crippen LogP contribution in [-0.2, 0) is 9.59 Å².